The van der Waals surface area contributed by atoms with Crippen molar-refractivity contribution in [1.82, 2.24) is 0 Å². The quantitative estimate of drug-likeness (QED) is 0.762. The Kier molecular flexibility index (Phi) is 4.81. The summed E-state index contributed by atoms with van der Waals surface area (Å²) in [4.78, 5) is 0. The lowest BCUT2D eigenvalue weighted by atomic mass is 9.77. The molecule has 1 N–H and O–H groups in total. The fourth-order valence-electron chi connectivity index (χ4n) is 2.06. The normalized spacial score (nSPS) is 30.5. The Morgan fingerprint density at radius 3 is 2.40 bits per heavy atom. The van der Waals surface area contributed by atoms with Gasteiger partial charge in [-0.05, 0) is 54.0 Å². The number of thiophene rings is 1. The van der Waals surface area contributed by atoms with Gasteiger partial charge in [0.25, 0.3) is 0 Å². The molecule has 0 aliphatic heterocycles. The lowest BCUT2D eigenvalue weighted by Crippen LogP contribution is -2.30. The molecule has 1 fully saturated rings. The van der Waals surface area contributed by atoms with Crippen molar-refractivity contribution in [1.29, 1.82) is 0 Å². The third-order valence-electron chi connectivity index (χ3n) is 3.16. The molecule has 1 aromatic rings. The monoisotopic (exact) mass is 226 g/mol. The van der Waals surface area contributed by atoms with Gasteiger partial charge >= 0.3 is 0 Å². The van der Waals surface area contributed by atoms with E-state index in [0.717, 1.165) is 37.2 Å². The largest absolute Gasteiger partial charge is 0.385 e. The Balaban J connectivity index is 0.000000531. The maximum atomic E-state index is 10.4. The maximum Gasteiger partial charge on any atom is 0.0904 e. The van der Waals surface area contributed by atoms with Crippen LogP contribution in [0.15, 0.2) is 16.8 Å². The first-order chi connectivity index (χ1) is 7.21. The van der Waals surface area contributed by atoms with Crippen LogP contribution < -0.4 is 0 Å². The van der Waals surface area contributed by atoms with Crippen LogP contribution in [-0.2, 0) is 5.60 Å². The number of rotatable bonds is 1. The van der Waals surface area contributed by atoms with E-state index in [-0.39, 0.29) is 0 Å². The summed E-state index contributed by atoms with van der Waals surface area (Å²) >= 11 is 1.67. The molecule has 1 saturated carbocycles. The van der Waals surface area contributed by atoms with E-state index in [9.17, 15) is 5.11 Å². The van der Waals surface area contributed by atoms with E-state index in [4.69, 9.17) is 0 Å². The molecule has 1 aliphatic carbocycles. The third-order valence-corrected chi connectivity index (χ3v) is 3.84. The van der Waals surface area contributed by atoms with Crippen LogP contribution in [0.4, 0.5) is 0 Å². The van der Waals surface area contributed by atoms with Crippen LogP contribution >= 0.6 is 11.3 Å². The van der Waals surface area contributed by atoms with Crippen molar-refractivity contribution < 1.29 is 5.11 Å². The summed E-state index contributed by atoms with van der Waals surface area (Å²) < 4.78 is 0. The van der Waals surface area contributed by atoms with Gasteiger partial charge in [-0.2, -0.15) is 11.3 Å². The summed E-state index contributed by atoms with van der Waals surface area (Å²) in [7, 11) is 0. The van der Waals surface area contributed by atoms with Crippen molar-refractivity contribution in [3.05, 3.63) is 22.4 Å². The fraction of sp³-hybridized carbons (Fsp3) is 0.692. The Hall–Kier alpha value is -0.340. The lowest BCUT2D eigenvalue weighted by Gasteiger charge is -2.34. The summed E-state index contributed by atoms with van der Waals surface area (Å²) in [5, 5.41) is 14.5. The molecule has 0 radical (unpaired) electrons. The van der Waals surface area contributed by atoms with Gasteiger partial charge in [0.1, 0.15) is 0 Å². The van der Waals surface area contributed by atoms with E-state index in [0.29, 0.717) is 0 Å². The fourth-order valence-corrected chi connectivity index (χ4v) is 2.81. The van der Waals surface area contributed by atoms with Gasteiger partial charge in [0.2, 0.25) is 0 Å². The highest BCUT2D eigenvalue weighted by Gasteiger charge is 2.33. The molecule has 1 aromatic heterocycles. The zero-order valence-electron chi connectivity index (χ0n) is 9.99. The smallest absolute Gasteiger partial charge is 0.0904 e. The van der Waals surface area contributed by atoms with Gasteiger partial charge in [-0.3, -0.25) is 0 Å². The summed E-state index contributed by atoms with van der Waals surface area (Å²) in [6.07, 6.45) is 4.19. The van der Waals surface area contributed by atoms with E-state index >= 15 is 0 Å². The molecule has 1 nitrogen and oxygen atoms in total. The average molecular weight is 226 g/mol. The molecular weight excluding hydrogens is 204 g/mol. The summed E-state index contributed by atoms with van der Waals surface area (Å²) in [6.45, 7) is 6.27. The average Bonchev–Trinajstić information content (AvgIpc) is 2.80. The van der Waals surface area contributed by atoms with Crippen molar-refractivity contribution in [3.63, 3.8) is 0 Å². The van der Waals surface area contributed by atoms with Crippen LogP contribution in [-0.4, -0.2) is 5.11 Å². The molecular formula is C13H22OS. The van der Waals surface area contributed by atoms with Crippen LogP contribution in [0.3, 0.4) is 0 Å². The molecule has 0 unspecified atom stereocenters. The summed E-state index contributed by atoms with van der Waals surface area (Å²) in [6, 6.07) is 2.06. The second-order valence-corrected chi connectivity index (χ2v) is 5.01. The van der Waals surface area contributed by atoms with Crippen LogP contribution in [0, 0.1) is 5.92 Å². The van der Waals surface area contributed by atoms with Crippen molar-refractivity contribution in [3.8, 4) is 0 Å². The zero-order valence-corrected chi connectivity index (χ0v) is 10.8. The van der Waals surface area contributed by atoms with Gasteiger partial charge in [-0.15, -0.1) is 0 Å². The molecule has 86 valence electrons. The Labute approximate surface area is 97.2 Å². The Bertz CT molecular complexity index is 258. The van der Waals surface area contributed by atoms with Crippen molar-refractivity contribution >= 4 is 11.3 Å². The van der Waals surface area contributed by atoms with Gasteiger partial charge < -0.3 is 5.11 Å². The van der Waals surface area contributed by atoms with E-state index in [2.05, 4.69) is 18.4 Å². The van der Waals surface area contributed by atoms with Gasteiger partial charge in [-0.25, -0.2) is 0 Å². The number of hydrogen-bond donors (Lipinski definition) is 1. The van der Waals surface area contributed by atoms with Crippen LogP contribution in [0.2, 0.25) is 0 Å². The minimum Gasteiger partial charge on any atom is -0.385 e. The van der Waals surface area contributed by atoms with Gasteiger partial charge in [0.05, 0.1) is 5.60 Å². The minimum absolute atomic E-state index is 0.507. The lowest BCUT2D eigenvalue weighted by molar-refractivity contribution is -0.0116. The molecule has 2 heteroatoms. The maximum absolute atomic E-state index is 10.4. The highest BCUT2D eigenvalue weighted by molar-refractivity contribution is 7.08. The van der Waals surface area contributed by atoms with E-state index in [1.165, 1.54) is 0 Å². The second kappa shape index (κ2) is 5.66. The standard InChI is InChI=1S/C11H16OS.C2H6/c1-9-2-5-11(12,6-3-9)10-4-7-13-8-10;1-2/h4,7-9,12H,2-3,5-6H2,1H3;1-2H3. The Morgan fingerprint density at radius 2 is 1.93 bits per heavy atom. The Morgan fingerprint density at radius 1 is 1.33 bits per heavy atom. The topological polar surface area (TPSA) is 20.2 Å². The van der Waals surface area contributed by atoms with E-state index in [1.54, 1.807) is 11.3 Å². The summed E-state index contributed by atoms with van der Waals surface area (Å²) in [5.41, 5.74) is 0.622. The zero-order chi connectivity index (χ0) is 11.3. The molecule has 0 spiro atoms. The molecule has 0 amide bonds. The molecule has 0 aromatic carbocycles. The summed E-state index contributed by atoms with van der Waals surface area (Å²) in [5.74, 6) is 0.791. The first kappa shape index (κ1) is 12.7. The van der Waals surface area contributed by atoms with Crippen molar-refractivity contribution in [2.45, 2.75) is 52.1 Å². The van der Waals surface area contributed by atoms with Gasteiger partial charge in [-0.1, -0.05) is 20.8 Å². The van der Waals surface area contributed by atoms with Crippen LogP contribution in [0.25, 0.3) is 0 Å². The highest BCUT2D eigenvalue weighted by atomic mass is 32.1. The molecule has 1 heterocycles. The first-order valence-electron chi connectivity index (χ1n) is 5.96. The third kappa shape index (κ3) is 3.05. The predicted molar refractivity (Wildman–Crippen MR) is 67.2 cm³/mol. The van der Waals surface area contributed by atoms with Gasteiger partial charge in [0.15, 0.2) is 0 Å². The molecule has 0 bridgehead atoms. The molecule has 1 aliphatic rings. The highest BCUT2D eigenvalue weighted by Crippen LogP contribution is 2.39. The van der Waals surface area contributed by atoms with Crippen LogP contribution in [0.5, 0.6) is 0 Å². The van der Waals surface area contributed by atoms with Crippen molar-refractivity contribution in [2.75, 3.05) is 0 Å². The van der Waals surface area contributed by atoms with Crippen molar-refractivity contribution in [2.24, 2.45) is 5.92 Å². The molecule has 0 saturated heterocycles. The van der Waals surface area contributed by atoms with Gasteiger partial charge in [0, 0.05) is 0 Å². The van der Waals surface area contributed by atoms with E-state index < -0.39 is 5.60 Å². The predicted octanol–water partition coefficient (Wildman–Crippen LogP) is 4.17. The molecule has 2 rings (SSSR count). The van der Waals surface area contributed by atoms with Crippen LogP contribution in [0.1, 0.15) is 52.0 Å². The second-order valence-electron chi connectivity index (χ2n) is 4.23. The molecule has 15 heavy (non-hydrogen) atoms. The molecule has 0 atom stereocenters. The SMILES string of the molecule is CC.CC1CCC(O)(c2ccsc2)CC1. The number of hydrogen-bond acceptors (Lipinski definition) is 2. The minimum atomic E-state index is -0.507. The first-order valence-corrected chi connectivity index (χ1v) is 6.90. The number of aliphatic hydroxyl groups is 1. The van der Waals surface area contributed by atoms with E-state index in [1.807, 2.05) is 19.2 Å².